The molecule has 2 aliphatic rings. The van der Waals surface area contributed by atoms with Crippen LogP contribution in [0.25, 0.3) is 0 Å². The lowest BCUT2D eigenvalue weighted by atomic mass is 10.0. The summed E-state index contributed by atoms with van der Waals surface area (Å²) in [6.45, 7) is 4.07. The molecule has 0 radical (unpaired) electrons. The van der Waals surface area contributed by atoms with Crippen molar-refractivity contribution in [3.63, 3.8) is 0 Å². The molecule has 0 amide bonds. The molecule has 5 heteroatoms. The van der Waals surface area contributed by atoms with Crippen LogP contribution in [-0.2, 0) is 13.6 Å². The van der Waals surface area contributed by atoms with E-state index in [-0.39, 0.29) is 12.1 Å². The van der Waals surface area contributed by atoms with E-state index >= 15 is 0 Å². The van der Waals surface area contributed by atoms with Crippen molar-refractivity contribution >= 4 is 7.75 Å². The van der Waals surface area contributed by atoms with E-state index in [9.17, 15) is 4.57 Å². The summed E-state index contributed by atoms with van der Waals surface area (Å²) in [5.74, 6) is 0.653. The first-order valence-electron chi connectivity index (χ1n) is 7.63. The molecule has 22 heavy (non-hydrogen) atoms. The van der Waals surface area contributed by atoms with E-state index in [4.69, 9.17) is 9.05 Å². The molecule has 0 N–H and O–H groups in total. The van der Waals surface area contributed by atoms with Crippen molar-refractivity contribution in [3.8, 4) is 0 Å². The Bertz CT molecular complexity index is 653. The number of likely N-dealkylation sites (N-methyl/N-ethyl adjacent to an activating group) is 1. The number of nitrogens with zero attached hydrogens (tertiary/aromatic N) is 1. The van der Waals surface area contributed by atoms with Crippen LogP contribution in [-0.4, -0.2) is 17.8 Å². The Balaban J connectivity index is 1.82. The van der Waals surface area contributed by atoms with Crippen LogP contribution < -0.4 is 0 Å². The van der Waals surface area contributed by atoms with E-state index < -0.39 is 7.75 Å². The molecule has 1 aromatic carbocycles. The second-order valence-electron chi connectivity index (χ2n) is 5.95. The maximum atomic E-state index is 13.1. The first-order valence-corrected chi connectivity index (χ1v) is 9.13. The van der Waals surface area contributed by atoms with Crippen molar-refractivity contribution in [2.75, 3.05) is 7.05 Å². The second-order valence-corrected chi connectivity index (χ2v) is 7.91. The van der Waals surface area contributed by atoms with Gasteiger partial charge in [0.05, 0.1) is 0 Å². The van der Waals surface area contributed by atoms with Crippen molar-refractivity contribution in [2.24, 2.45) is 0 Å². The highest BCUT2D eigenvalue weighted by molar-refractivity contribution is 7.51. The van der Waals surface area contributed by atoms with Crippen molar-refractivity contribution < 1.29 is 13.6 Å². The zero-order chi connectivity index (χ0) is 15.7. The largest absolute Gasteiger partial charge is 0.462 e. The van der Waals surface area contributed by atoms with Gasteiger partial charge in [0, 0.05) is 6.04 Å². The quantitative estimate of drug-likeness (QED) is 0.748. The molecule has 1 saturated heterocycles. The monoisotopic (exact) mass is 319 g/mol. The maximum Gasteiger partial charge on any atom is 0.462 e. The van der Waals surface area contributed by atoms with Crippen molar-refractivity contribution in [1.82, 2.24) is 4.67 Å². The van der Waals surface area contributed by atoms with Gasteiger partial charge < -0.3 is 4.52 Å². The highest BCUT2D eigenvalue weighted by atomic mass is 31.2. The van der Waals surface area contributed by atoms with E-state index in [0.717, 1.165) is 18.4 Å². The molecule has 118 valence electrons. The third-order valence-corrected chi connectivity index (χ3v) is 6.35. The summed E-state index contributed by atoms with van der Waals surface area (Å²) in [5.41, 5.74) is 2.26. The van der Waals surface area contributed by atoms with Crippen molar-refractivity contribution in [2.45, 2.75) is 38.8 Å². The Hall–Kier alpha value is -1.35. The Kier molecular flexibility index (Phi) is 4.26. The lowest BCUT2D eigenvalue weighted by molar-refractivity contribution is 0.188. The SMILES string of the molecule is CC1=CC(OP2(=O)O[C@@H](c3ccccc3)[C@H](C)N2C)=CCC1. The minimum Gasteiger partial charge on any atom is -0.413 e. The lowest BCUT2D eigenvalue weighted by Crippen LogP contribution is -2.23. The third-order valence-electron chi connectivity index (χ3n) is 4.28. The Labute approximate surface area is 132 Å². The van der Waals surface area contributed by atoms with Gasteiger partial charge in [-0.25, -0.2) is 4.57 Å². The van der Waals surface area contributed by atoms with Gasteiger partial charge in [0.15, 0.2) is 0 Å². The predicted molar refractivity (Wildman–Crippen MR) is 87.3 cm³/mol. The van der Waals surface area contributed by atoms with E-state index in [2.05, 4.69) is 6.92 Å². The Morgan fingerprint density at radius 1 is 1.32 bits per heavy atom. The minimum atomic E-state index is -3.31. The molecule has 0 bridgehead atoms. The topological polar surface area (TPSA) is 38.8 Å². The molecular weight excluding hydrogens is 297 g/mol. The maximum absolute atomic E-state index is 13.1. The van der Waals surface area contributed by atoms with Crippen molar-refractivity contribution in [1.29, 1.82) is 0 Å². The van der Waals surface area contributed by atoms with E-state index in [0.29, 0.717) is 5.76 Å². The summed E-state index contributed by atoms with van der Waals surface area (Å²) >= 11 is 0. The summed E-state index contributed by atoms with van der Waals surface area (Å²) in [7, 11) is -1.51. The highest BCUT2D eigenvalue weighted by Crippen LogP contribution is 2.64. The summed E-state index contributed by atoms with van der Waals surface area (Å²) in [6, 6.07) is 9.87. The van der Waals surface area contributed by atoms with Gasteiger partial charge in [-0.1, -0.05) is 35.9 Å². The van der Waals surface area contributed by atoms with E-state index in [1.165, 1.54) is 5.57 Å². The standard InChI is InChI=1S/C17H22NO3P/c1-13-8-7-11-16(12-13)20-22(19)18(3)14(2)17(21-22)15-9-5-4-6-10-15/h4-6,9-12,14,17H,7-8H2,1-3H3/t14-,17+,22?/m0/s1. The van der Waals surface area contributed by atoms with Crippen LogP contribution in [0, 0.1) is 0 Å². The number of allylic oxidation sites excluding steroid dienone is 3. The first kappa shape index (κ1) is 15.5. The number of benzene rings is 1. The van der Waals surface area contributed by atoms with E-state index in [1.807, 2.05) is 49.4 Å². The third kappa shape index (κ3) is 2.91. The van der Waals surface area contributed by atoms with Crippen LogP contribution in [0.1, 0.15) is 38.4 Å². The van der Waals surface area contributed by atoms with Crippen LogP contribution in [0.3, 0.4) is 0 Å². The zero-order valence-corrected chi connectivity index (χ0v) is 14.1. The summed E-state index contributed by atoms with van der Waals surface area (Å²) in [4.78, 5) is 0. The number of hydrogen-bond acceptors (Lipinski definition) is 3. The van der Waals surface area contributed by atoms with Gasteiger partial charge in [-0.15, -0.1) is 0 Å². The first-order chi connectivity index (χ1) is 10.5. The van der Waals surface area contributed by atoms with Crippen molar-refractivity contribution in [3.05, 3.63) is 59.4 Å². The van der Waals surface area contributed by atoms with Crippen LogP contribution >= 0.6 is 7.75 Å². The fourth-order valence-electron chi connectivity index (χ4n) is 2.81. The van der Waals surface area contributed by atoms with E-state index in [1.54, 1.807) is 11.7 Å². The number of rotatable bonds is 3. The summed E-state index contributed by atoms with van der Waals surface area (Å²) < 4.78 is 26.5. The minimum absolute atomic E-state index is 0.0116. The fraction of sp³-hybridized carbons (Fsp3) is 0.412. The summed E-state index contributed by atoms with van der Waals surface area (Å²) in [6.07, 6.45) is 5.62. The van der Waals surface area contributed by atoms with Crippen LogP contribution in [0.15, 0.2) is 53.8 Å². The summed E-state index contributed by atoms with van der Waals surface area (Å²) in [5, 5.41) is 0. The molecule has 0 spiro atoms. The molecule has 1 aliphatic carbocycles. The Morgan fingerprint density at radius 3 is 2.73 bits per heavy atom. The van der Waals surface area contributed by atoms with Gasteiger partial charge in [-0.05, 0) is 51.5 Å². The Morgan fingerprint density at radius 2 is 2.05 bits per heavy atom. The highest BCUT2D eigenvalue weighted by Gasteiger charge is 2.49. The molecular formula is C17H22NO3P. The molecule has 0 saturated carbocycles. The van der Waals surface area contributed by atoms with Crippen LogP contribution in [0.4, 0.5) is 0 Å². The van der Waals surface area contributed by atoms with Gasteiger partial charge in [0.1, 0.15) is 11.9 Å². The normalized spacial score (nSPS) is 32.5. The molecule has 1 aliphatic heterocycles. The second kappa shape index (κ2) is 6.04. The molecule has 1 fully saturated rings. The average Bonchev–Trinajstić information content (AvgIpc) is 2.73. The smallest absolute Gasteiger partial charge is 0.413 e. The molecule has 1 heterocycles. The van der Waals surface area contributed by atoms with Gasteiger partial charge >= 0.3 is 7.75 Å². The molecule has 3 atom stereocenters. The molecule has 1 aromatic rings. The lowest BCUT2D eigenvalue weighted by Gasteiger charge is -2.22. The zero-order valence-electron chi connectivity index (χ0n) is 13.2. The molecule has 1 unspecified atom stereocenters. The van der Waals surface area contributed by atoms with Gasteiger partial charge in [0.2, 0.25) is 0 Å². The molecule has 4 nitrogen and oxygen atoms in total. The van der Waals surface area contributed by atoms with Gasteiger partial charge in [-0.3, -0.25) is 4.52 Å². The fourth-order valence-corrected chi connectivity index (χ4v) is 4.67. The predicted octanol–water partition coefficient (Wildman–Crippen LogP) is 4.83. The van der Waals surface area contributed by atoms with Crippen LogP contribution in [0.5, 0.6) is 0 Å². The molecule has 0 aromatic heterocycles. The van der Waals surface area contributed by atoms with Crippen LogP contribution in [0.2, 0.25) is 0 Å². The number of hydrogen-bond donors (Lipinski definition) is 0. The van der Waals surface area contributed by atoms with Gasteiger partial charge in [-0.2, -0.15) is 4.67 Å². The average molecular weight is 319 g/mol. The van der Waals surface area contributed by atoms with Gasteiger partial charge in [0.25, 0.3) is 0 Å². The molecule has 3 rings (SSSR count).